The Hall–Kier alpha value is -7.06. The molecule has 1 saturated heterocycles. The zero-order chi connectivity index (χ0) is 46.2. The van der Waals surface area contributed by atoms with E-state index in [0.717, 1.165) is 50.8 Å². The molecule has 340 valence electrons. The molecule has 1 aromatic heterocycles. The van der Waals surface area contributed by atoms with Gasteiger partial charge in [-0.05, 0) is 100.0 Å². The van der Waals surface area contributed by atoms with E-state index < -0.39 is 47.5 Å². The highest BCUT2D eigenvalue weighted by atomic mass is 19.1. The van der Waals surface area contributed by atoms with E-state index in [1.165, 1.54) is 19.2 Å². The van der Waals surface area contributed by atoms with Gasteiger partial charge in [-0.1, -0.05) is 37.0 Å². The number of nitrogens with zero attached hydrogens (tertiary/aromatic N) is 2. The molecule has 17 heteroatoms. The molecule has 6 amide bonds. The molecule has 3 aromatic carbocycles. The molecule has 3 atom stereocenters. The molecule has 0 spiro atoms. The maximum atomic E-state index is 14.4. The number of carbonyl (C=O) groups is 6. The number of pyridine rings is 1. The molecule has 4 aromatic rings. The van der Waals surface area contributed by atoms with Crippen LogP contribution in [0.3, 0.4) is 0 Å². The number of aromatic nitrogens is 1. The van der Waals surface area contributed by atoms with E-state index in [0.29, 0.717) is 41.0 Å². The number of imide groups is 1. The number of nitrogens with two attached hydrogens (primary N) is 1. The third-order valence-electron chi connectivity index (χ3n) is 12.1. The number of methoxy groups -OCH3 is 1. The fourth-order valence-corrected chi connectivity index (χ4v) is 8.64. The minimum atomic E-state index is -1.59. The van der Waals surface area contributed by atoms with E-state index in [1.54, 1.807) is 42.6 Å². The van der Waals surface area contributed by atoms with E-state index >= 15 is 0 Å². The first-order valence-corrected chi connectivity index (χ1v) is 21.7. The maximum absolute atomic E-state index is 14.4. The minimum absolute atomic E-state index is 0.00839. The van der Waals surface area contributed by atoms with Gasteiger partial charge in [0.05, 0.1) is 29.8 Å². The molecule has 16 nitrogen and oxygen atoms in total. The van der Waals surface area contributed by atoms with Crippen LogP contribution in [0.4, 0.5) is 9.18 Å². The van der Waals surface area contributed by atoms with Crippen molar-refractivity contribution in [3.8, 4) is 35.0 Å². The first kappa shape index (κ1) is 45.9. The summed E-state index contributed by atoms with van der Waals surface area (Å²) in [5.41, 5.74) is 7.22. The number of carbonyl (C=O) groups excluding carboxylic acids is 6. The van der Waals surface area contributed by atoms with Crippen molar-refractivity contribution >= 4 is 46.2 Å². The second-order valence-electron chi connectivity index (χ2n) is 16.6. The fourth-order valence-electron chi connectivity index (χ4n) is 8.64. The lowest BCUT2D eigenvalue weighted by Crippen LogP contribution is -2.42. The number of fused-ring (bicyclic) bond motifs is 2. The van der Waals surface area contributed by atoms with Crippen molar-refractivity contribution in [2.75, 3.05) is 40.4 Å². The Kier molecular flexibility index (Phi) is 14.6. The second-order valence-corrected chi connectivity index (χ2v) is 16.6. The number of halogens is 1. The molecule has 0 unspecified atom stereocenters. The summed E-state index contributed by atoms with van der Waals surface area (Å²) in [6.45, 7) is 4.30. The number of benzene rings is 3. The van der Waals surface area contributed by atoms with Crippen LogP contribution in [0.1, 0.15) is 87.6 Å². The van der Waals surface area contributed by atoms with Crippen molar-refractivity contribution in [2.45, 2.75) is 64.2 Å². The van der Waals surface area contributed by atoms with E-state index in [9.17, 15) is 33.2 Å². The Balaban J connectivity index is 0.851. The van der Waals surface area contributed by atoms with Crippen LogP contribution < -0.4 is 41.2 Å². The van der Waals surface area contributed by atoms with E-state index in [4.69, 9.17) is 19.9 Å². The predicted molar refractivity (Wildman–Crippen MR) is 237 cm³/mol. The van der Waals surface area contributed by atoms with Crippen LogP contribution in [0.2, 0.25) is 0 Å². The monoisotopic (exact) mass is 889 g/mol. The Morgan fingerprint density at radius 3 is 2.52 bits per heavy atom. The molecule has 6 N–H and O–H groups in total. The van der Waals surface area contributed by atoms with E-state index in [1.807, 2.05) is 18.3 Å². The van der Waals surface area contributed by atoms with Crippen LogP contribution >= 0.6 is 0 Å². The molecule has 3 aliphatic rings. The topological polar surface area (TPSA) is 220 Å². The molecule has 2 aliphatic heterocycles. The number of nitrogens with one attached hydrogen (secondary N) is 4. The van der Waals surface area contributed by atoms with E-state index in [2.05, 4.69) is 44.7 Å². The fraction of sp³-hybridized carbons (Fsp3) is 0.396. The Morgan fingerprint density at radius 2 is 1.77 bits per heavy atom. The second kappa shape index (κ2) is 20.6. The highest BCUT2D eigenvalue weighted by Gasteiger charge is 2.42. The molecule has 7 rings (SSSR count). The lowest BCUT2D eigenvalue weighted by molar-refractivity contribution is -0.124. The highest BCUT2D eigenvalue weighted by Crippen LogP contribution is 2.35. The van der Waals surface area contributed by atoms with Gasteiger partial charge in [0.25, 0.3) is 29.4 Å². The van der Waals surface area contributed by atoms with Crippen molar-refractivity contribution < 1.29 is 47.4 Å². The minimum Gasteiger partial charge on any atom is -0.496 e. The van der Waals surface area contributed by atoms with Gasteiger partial charge in [0.1, 0.15) is 23.9 Å². The smallest absolute Gasteiger partial charge is 0.315 e. The van der Waals surface area contributed by atoms with Gasteiger partial charge in [-0.3, -0.25) is 29.3 Å². The zero-order valence-electron chi connectivity index (χ0n) is 36.5. The number of ketones is 1. The average molecular weight is 890 g/mol. The predicted octanol–water partition coefficient (Wildman–Crippen LogP) is 4.81. The van der Waals surface area contributed by atoms with Crippen LogP contribution in [-0.4, -0.2) is 97.9 Å². The largest absolute Gasteiger partial charge is 0.496 e. The van der Waals surface area contributed by atoms with Crippen molar-refractivity contribution in [3.05, 3.63) is 88.6 Å². The Morgan fingerprint density at radius 1 is 0.985 bits per heavy atom. The van der Waals surface area contributed by atoms with Crippen LogP contribution in [0.15, 0.2) is 60.8 Å². The summed E-state index contributed by atoms with van der Waals surface area (Å²) >= 11 is 0. The van der Waals surface area contributed by atoms with Gasteiger partial charge < -0.3 is 40.8 Å². The lowest BCUT2D eigenvalue weighted by Gasteiger charge is -2.29. The molecule has 1 aliphatic carbocycles. The summed E-state index contributed by atoms with van der Waals surface area (Å²) in [5, 5.41) is 11.6. The van der Waals surface area contributed by atoms with Gasteiger partial charge >= 0.3 is 6.03 Å². The summed E-state index contributed by atoms with van der Waals surface area (Å²) in [4.78, 5) is 80.3. The SMILES string of the molecule is CC[C@@H]1[C@H](F)C(=O)N[C@@H]1COc1ncc(C#CC2CCC(CN(C)CCCNC(=O)NCc3cccc(Oc4cccc5c4C(=O)NC(=O)C5=O)c3)CC2)c2cc(C(N)=O)c(OC)cc12. The molecule has 65 heavy (non-hydrogen) atoms. The first-order chi connectivity index (χ1) is 31.3. The van der Waals surface area contributed by atoms with Gasteiger partial charge in [0, 0.05) is 54.0 Å². The number of hydrogen-bond donors (Lipinski definition) is 5. The third-order valence-corrected chi connectivity index (χ3v) is 12.1. The number of Topliss-reactive ketones (excluding diaryl/α,β-unsaturated/α-hetero) is 1. The number of rotatable bonds is 16. The van der Waals surface area contributed by atoms with Crippen molar-refractivity contribution in [2.24, 2.45) is 23.5 Å². The molecule has 0 bridgehead atoms. The highest BCUT2D eigenvalue weighted by molar-refractivity contribution is 6.49. The van der Waals surface area contributed by atoms with Gasteiger partial charge in [-0.25, -0.2) is 14.2 Å². The molecule has 2 fully saturated rings. The lowest BCUT2D eigenvalue weighted by atomic mass is 9.82. The quantitative estimate of drug-likeness (QED) is 0.0445. The van der Waals surface area contributed by atoms with Crippen LogP contribution in [0.25, 0.3) is 10.8 Å². The van der Waals surface area contributed by atoms with Crippen LogP contribution in [-0.2, 0) is 16.1 Å². The van der Waals surface area contributed by atoms with Crippen LogP contribution in [0, 0.1) is 29.6 Å². The number of ether oxygens (including phenoxy) is 3. The third kappa shape index (κ3) is 10.8. The van der Waals surface area contributed by atoms with Crippen molar-refractivity contribution in [1.82, 2.24) is 31.2 Å². The zero-order valence-corrected chi connectivity index (χ0v) is 36.5. The molecular formula is C48H52FN7O9. The Labute approximate surface area is 375 Å². The van der Waals surface area contributed by atoms with Crippen molar-refractivity contribution in [1.29, 1.82) is 0 Å². The normalized spacial score (nSPS) is 20.3. The number of hydrogen-bond acceptors (Lipinski definition) is 11. The summed E-state index contributed by atoms with van der Waals surface area (Å²) < 4.78 is 31.9. The molecule has 0 radical (unpaired) electrons. The maximum Gasteiger partial charge on any atom is 0.315 e. The number of primary amides is 1. The molecule has 1 saturated carbocycles. The number of urea groups is 1. The number of amides is 6. The Bertz CT molecular complexity index is 2570. The van der Waals surface area contributed by atoms with E-state index in [-0.39, 0.29) is 59.2 Å². The first-order valence-electron chi connectivity index (χ1n) is 21.7. The standard InChI is InChI=1S/C48H52FN7O9/c1-4-32-37(54-45(60)41(32)49)26-64-47-35-22-39(63-3)36(43(50)58)21-34(35)30(24-52-47)17-16-27-12-14-28(15-13-27)25-56(2)19-7-18-51-48(62)53-23-29-8-5-9-31(20-29)65-38-11-6-10-33-40(38)44(59)55-46(61)42(33)57/h5-6,8-11,20-22,24,27-28,32,37,41H,4,7,12-15,18-19,23,25-26H2,1-3H3,(H2,50,58)(H,54,60)(H2,51,53,62)(H,55,59,61)/t27?,28?,32-,37+,41-/m0/s1. The summed E-state index contributed by atoms with van der Waals surface area (Å²) in [6.07, 6.45) is 5.14. The summed E-state index contributed by atoms with van der Waals surface area (Å²) in [7, 11) is 3.52. The van der Waals surface area contributed by atoms with Gasteiger partial charge in [0.15, 0.2) is 6.17 Å². The van der Waals surface area contributed by atoms with Crippen molar-refractivity contribution in [3.63, 3.8) is 0 Å². The van der Waals surface area contributed by atoms with Gasteiger partial charge in [-0.2, -0.15) is 0 Å². The molecule has 3 heterocycles. The van der Waals surface area contributed by atoms with Gasteiger partial charge in [0.2, 0.25) is 5.88 Å². The average Bonchev–Trinajstić information content (AvgIpc) is 3.58. The molecular weight excluding hydrogens is 838 g/mol. The van der Waals surface area contributed by atoms with Gasteiger partial charge in [-0.15, -0.1) is 0 Å². The van der Waals surface area contributed by atoms with Crippen LogP contribution in [0.5, 0.6) is 23.1 Å². The number of alkyl halides is 1. The summed E-state index contributed by atoms with van der Waals surface area (Å²) in [6, 6.07) is 13.9. The summed E-state index contributed by atoms with van der Waals surface area (Å²) in [5.74, 6) is 4.13.